The second kappa shape index (κ2) is 2.38. The van der Waals surface area contributed by atoms with E-state index in [1.165, 1.54) is 0 Å². The minimum Gasteiger partial charge on any atom is -0.379 e. The first-order chi connectivity index (χ1) is 4.74. The Kier molecular flexibility index (Phi) is 1.57. The van der Waals surface area contributed by atoms with Crippen molar-refractivity contribution in [3.8, 4) is 0 Å². The molecule has 54 valence electrons. The average molecular weight is 139 g/mol. The summed E-state index contributed by atoms with van der Waals surface area (Å²) in [7, 11) is 0. The molecule has 1 rings (SSSR count). The van der Waals surface area contributed by atoms with Crippen LogP contribution in [0.15, 0.2) is 11.3 Å². The fraction of sp³-hybridized carbons (Fsp3) is 0.200. The summed E-state index contributed by atoms with van der Waals surface area (Å²) in [5.41, 5.74) is 6.27. The highest BCUT2D eigenvalue weighted by atomic mass is 15.2. The van der Waals surface area contributed by atoms with Gasteiger partial charge in [0.25, 0.3) is 0 Å². The van der Waals surface area contributed by atoms with Gasteiger partial charge in [0, 0.05) is 11.9 Å². The zero-order valence-electron chi connectivity index (χ0n) is 5.63. The molecule has 5 N–H and O–H groups in total. The normalized spacial score (nSPS) is 11.9. The van der Waals surface area contributed by atoms with Crippen LogP contribution in [0.1, 0.15) is 11.5 Å². The van der Waals surface area contributed by atoms with Crippen LogP contribution in [0.4, 0.5) is 0 Å². The molecule has 0 spiro atoms. The lowest BCUT2D eigenvalue weighted by atomic mass is 10.5. The summed E-state index contributed by atoms with van der Waals surface area (Å²) in [6.07, 6.45) is 1.66. The molecule has 0 amide bonds. The third-order valence-electron chi connectivity index (χ3n) is 1.08. The van der Waals surface area contributed by atoms with Crippen molar-refractivity contribution in [2.24, 2.45) is 16.7 Å². The van der Waals surface area contributed by atoms with Gasteiger partial charge in [-0.25, -0.2) is 4.98 Å². The van der Waals surface area contributed by atoms with E-state index in [-0.39, 0.29) is 5.84 Å². The number of nitrogens with two attached hydrogens (primary N) is 2. The number of H-pyrrole nitrogens is 1. The molecule has 0 fully saturated rings. The van der Waals surface area contributed by atoms with Gasteiger partial charge >= 0.3 is 0 Å². The van der Waals surface area contributed by atoms with Crippen LogP contribution in [0.5, 0.6) is 0 Å². The predicted molar refractivity (Wildman–Crippen MR) is 38.2 cm³/mol. The van der Waals surface area contributed by atoms with E-state index in [0.29, 0.717) is 5.82 Å². The first-order valence-corrected chi connectivity index (χ1v) is 2.79. The molecule has 1 aromatic rings. The molecule has 1 aromatic heterocycles. The first-order valence-electron chi connectivity index (χ1n) is 2.79. The van der Waals surface area contributed by atoms with E-state index in [2.05, 4.69) is 15.1 Å². The van der Waals surface area contributed by atoms with Gasteiger partial charge in [-0.2, -0.15) is 5.10 Å². The Bertz CT molecular complexity index is 248. The van der Waals surface area contributed by atoms with Crippen molar-refractivity contribution >= 4 is 5.84 Å². The zero-order chi connectivity index (χ0) is 7.56. The molecule has 0 unspecified atom stereocenters. The van der Waals surface area contributed by atoms with E-state index >= 15 is 0 Å². The van der Waals surface area contributed by atoms with E-state index in [1.807, 2.05) is 6.92 Å². The van der Waals surface area contributed by atoms with Crippen molar-refractivity contribution in [2.75, 3.05) is 0 Å². The third kappa shape index (κ3) is 1.07. The van der Waals surface area contributed by atoms with Crippen molar-refractivity contribution in [3.05, 3.63) is 17.7 Å². The molecule has 0 aliphatic carbocycles. The van der Waals surface area contributed by atoms with Gasteiger partial charge in [0.05, 0.1) is 0 Å². The Morgan fingerprint density at radius 2 is 2.50 bits per heavy atom. The molecule has 0 radical (unpaired) electrons. The van der Waals surface area contributed by atoms with Crippen molar-refractivity contribution < 1.29 is 0 Å². The van der Waals surface area contributed by atoms with Crippen LogP contribution in [0.3, 0.4) is 0 Å². The Balaban J connectivity index is 2.95. The van der Waals surface area contributed by atoms with Gasteiger partial charge in [-0.15, -0.1) is 0 Å². The van der Waals surface area contributed by atoms with E-state index in [0.717, 1.165) is 5.69 Å². The number of nitrogens with one attached hydrogen (secondary N) is 1. The lowest BCUT2D eigenvalue weighted by Gasteiger charge is -1.89. The SMILES string of the molecule is Cc1cnc(/C(N)=N/N)[nH]1. The fourth-order valence-corrected chi connectivity index (χ4v) is 0.604. The molecule has 10 heavy (non-hydrogen) atoms. The van der Waals surface area contributed by atoms with Gasteiger partial charge in [-0.05, 0) is 6.92 Å². The van der Waals surface area contributed by atoms with E-state index in [9.17, 15) is 0 Å². The van der Waals surface area contributed by atoms with Crippen LogP contribution >= 0.6 is 0 Å². The Morgan fingerprint density at radius 1 is 1.80 bits per heavy atom. The molecular formula is C5H9N5. The molecule has 0 aliphatic heterocycles. The number of aromatic nitrogens is 2. The Morgan fingerprint density at radius 3 is 2.90 bits per heavy atom. The number of rotatable bonds is 1. The maximum absolute atomic E-state index is 5.34. The summed E-state index contributed by atoms with van der Waals surface area (Å²) in [6.45, 7) is 1.88. The van der Waals surface area contributed by atoms with Crippen LogP contribution in [0.25, 0.3) is 0 Å². The first kappa shape index (κ1) is 6.60. The third-order valence-corrected chi connectivity index (χ3v) is 1.08. The number of aromatic amines is 1. The number of hydrogen-bond acceptors (Lipinski definition) is 3. The van der Waals surface area contributed by atoms with Crippen LogP contribution in [0, 0.1) is 6.92 Å². The predicted octanol–water partition coefficient (Wildman–Crippen LogP) is -0.703. The van der Waals surface area contributed by atoms with Gasteiger partial charge in [0.15, 0.2) is 11.7 Å². The van der Waals surface area contributed by atoms with E-state index < -0.39 is 0 Å². The summed E-state index contributed by atoms with van der Waals surface area (Å²) in [5, 5.41) is 3.27. The molecule has 1 heterocycles. The van der Waals surface area contributed by atoms with Gasteiger partial charge in [0.1, 0.15) is 0 Å². The zero-order valence-corrected chi connectivity index (χ0v) is 5.63. The second-order valence-electron chi connectivity index (χ2n) is 1.93. The van der Waals surface area contributed by atoms with Crippen LogP contribution < -0.4 is 11.6 Å². The molecule has 0 bridgehead atoms. The molecule has 0 saturated heterocycles. The van der Waals surface area contributed by atoms with Gasteiger partial charge < -0.3 is 16.6 Å². The quantitative estimate of drug-likeness (QED) is 0.208. The lowest BCUT2D eigenvalue weighted by Crippen LogP contribution is -2.17. The Hall–Kier alpha value is -1.52. The Labute approximate surface area is 58.1 Å². The smallest absolute Gasteiger partial charge is 0.186 e. The van der Waals surface area contributed by atoms with Crippen LogP contribution in [-0.4, -0.2) is 15.8 Å². The van der Waals surface area contributed by atoms with Crippen molar-refractivity contribution in [1.29, 1.82) is 0 Å². The minimum absolute atomic E-state index is 0.216. The highest BCUT2D eigenvalue weighted by Gasteiger charge is 1.99. The average Bonchev–Trinajstić information content (AvgIpc) is 2.34. The van der Waals surface area contributed by atoms with E-state index in [1.54, 1.807) is 6.20 Å². The summed E-state index contributed by atoms with van der Waals surface area (Å²) in [6, 6.07) is 0. The topological polar surface area (TPSA) is 93.1 Å². The molecule has 5 nitrogen and oxygen atoms in total. The van der Waals surface area contributed by atoms with Crippen LogP contribution in [-0.2, 0) is 0 Å². The molecule has 0 aromatic carbocycles. The van der Waals surface area contributed by atoms with Crippen molar-refractivity contribution in [3.63, 3.8) is 0 Å². The number of amidine groups is 1. The molecule has 0 atom stereocenters. The summed E-state index contributed by atoms with van der Waals surface area (Å²) in [5.74, 6) is 5.65. The summed E-state index contributed by atoms with van der Waals surface area (Å²) in [4.78, 5) is 6.78. The van der Waals surface area contributed by atoms with Crippen molar-refractivity contribution in [2.45, 2.75) is 6.92 Å². The van der Waals surface area contributed by atoms with Gasteiger partial charge in [-0.1, -0.05) is 0 Å². The maximum atomic E-state index is 5.34. The minimum atomic E-state index is 0.216. The van der Waals surface area contributed by atoms with Gasteiger partial charge in [0.2, 0.25) is 0 Å². The highest BCUT2D eigenvalue weighted by Crippen LogP contribution is 1.92. The summed E-state index contributed by atoms with van der Waals surface area (Å²) < 4.78 is 0. The number of nitrogens with zero attached hydrogens (tertiary/aromatic N) is 2. The molecule has 0 saturated carbocycles. The second-order valence-corrected chi connectivity index (χ2v) is 1.93. The number of hydrazone groups is 1. The van der Waals surface area contributed by atoms with Crippen LogP contribution in [0.2, 0.25) is 0 Å². The fourth-order valence-electron chi connectivity index (χ4n) is 0.604. The molecular weight excluding hydrogens is 130 g/mol. The monoisotopic (exact) mass is 139 g/mol. The number of hydrogen-bond donors (Lipinski definition) is 3. The molecule has 0 aliphatic rings. The number of imidazole rings is 1. The largest absolute Gasteiger partial charge is 0.379 e. The van der Waals surface area contributed by atoms with E-state index in [4.69, 9.17) is 11.6 Å². The van der Waals surface area contributed by atoms with Gasteiger partial charge in [-0.3, -0.25) is 0 Å². The van der Waals surface area contributed by atoms with Crippen molar-refractivity contribution in [1.82, 2.24) is 9.97 Å². The highest BCUT2D eigenvalue weighted by molar-refractivity contribution is 5.93. The summed E-state index contributed by atoms with van der Waals surface area (Å²) >= 11 is 0. The number of aryl methyl sites for hydroxylation is 1. The lowest BCUT2D eigenvalue weighted by molar-refractivity contribution is 1.16. The molecule has 5 heteroatoms. The standard InChI is InChI=1S/C5H9N5/c1-3-2-8-5(9-3)4(6)10-7/h2H,7H2,1H3,(H2,6,10)(H,8,9). The maximum Gasteiger partial charge on any atom is 0.186 e.